The van der Waals surface area contributed by atoms with Gasteiger partial charge in [0.1, 0.15) is 36.4 Å². The Labute approximate surface area is 144 Å². The number of nitrogens with zero attached hydrogens (tertiary/aromatic N) is 1. The molecule has 25 heavy (non-hydrogen) atoms. The topological polar surface area (TPSA) is 125 Å². The highest BCUT2D eigenvalue weighted by Gasteiger charge is 2.44. The maximum absolute atomic E-state index is 10.1. The zero-order chi connectivity index (χ0) is 18.0. The van der Waals surface area contributed by atoms with Gasteiger partial charge in [-0.25, -0.2) is 4.98 Å². The first-order chi connectivity index (χ1) is 12.0. The summed E-state index contributed by atoms with van der Waals surface area (Å²) in [6.07, 6.45) is -3.24. The van der Waals surface area contributed by atoms with Crippen molar-refractivity contribution in [3.05, 3.63) is 47.7 Å². The van der Waals surface area contributed by atoms with Crippen molar-refractivity contribution in [3.63, 3.8) is 0 Å². The van der Waals surface area contributed by atoms with Crippen LogP contribution in [0.1, 0.15) is 17.0 Å². The molecule has 1 aliphatic heterocycles. The van der Waals surface area contributed by atoms with E-state index in [4.69, 9.17) is 13.9 Å². The summed E-state index contributed by atoms with van der Waals surface area (Å²) in [6.45, 7) is 1.42. The fourth-order valence-electron chi connectivity index (χ4n) is 2.75. The molecule has 0 radical (unpaired) electrons. The molecule has 1 saturated heterocycles. The summed E-state index contributed by atoms with van der Waals surface area (Å²) in [5, 5.41) is 39.1. The molecule has 1 aromatic carbocycles. The van der Waals surface area contributed by atoms with Gasteiger partial charge < -0.3 is 34.3 Å². The number of benzene rings is 1. The number of aromatic nitrogens is 1. The zero-order valence-electron chi connectivity index (χ0n) is 13.6. The molecule has 8 nitrogen and oxygen atoms in total. The van der Waals surface area contributed by atoms with Crippen LogP contribution in [0.4, 0.5) is 0 Å². The molecule has 0 bridgehead atoms. The molecule has 4 N–H and O–H groups in total. The fraction of sp³-hybridized carbons (Fsp3) is 0.471. The second-order valence-corrected chi connectivity index (χ2v) is 6.03. The number of hydrogen-bond acceptors (Lipinski definition) is 8. The molecule has 0 amide bonds. The molecule has 0 aliphatic carbocycles. The quantitative estimate of drug-likeness (QED) is 0.581. The summed E-state index contributed by atoms with van der Waals surface area (Å²) in [5.74, 6) is 0.928. The van der Waals surface area contributed by atoms with Gasteiger partial charge in [0.05, 0.1) is 19.2 Å². The maximum Gasteiger partial charge on any atom is 0.229 e. The van der Waals surface area contributed by atoms with Crippen molar-refractivity contribution in [1.29, 1.82) is 0 Å². The minimum atomic E-state index is -1.49. The van der Waals surface area contributed by atoms with Gasteiger partial charge in [-0.3, -0.25) is 0 Å². The Hall–Kier alpha value is -1.97. The molecule has 1 fully saturated rings. The fourth-order valence-corrected chi connectivity index (χ4v) is 2.75. The van der Waals surface area contributed by atoms with E-state index in [-0.39, 0.29) is 0 Å². The number of hydrogen-bond donors (Lipinski definition) is 4. The lowest BCUT2D eigenvalue weighted by Gasteiger charge is -2.39. The predicted molar refractivity (Wildman–Crippen MR) is 84.9 cm³/mol. The Bertz CT molecular complexity index is 688. The Morgan fingerprint density at radius 2 is 1.96 bits per heavy atom. The van der Waals surface area contributed by atoms with Crippen LogP contribution in [0.5, 0.6) is 5.75 Å². The smallest absolute Gasteiger partial charge is 0.229 e. The van der Waals surface area contributed by atoms with Gasteiger partial charge in [-0.2, -0.15) is 0 Å². The number of rotatable bonds is 5. The number of aryl methyl sites for hydroxylation is 1. The van der Waals surface area contributed by atoms with Crippen LogP contribution in [-0.2, 0) is 11.2 Å². The third-order valence-corrected chi connectivity index (χ3v) is 4.13. The van der Waals surface area contributed by atoms with Crippen molar-refractivity contribution < 1.29 is 34.3 Å². The van der Waals surface area contributed by atoms with Crippen LogP contribution in [0, 0.1) is 6.92 Å². The van der Waals surface area contributed by atoms with E-state index in [0.29, 0.717) is 18.1 Å². The highest BCUT2D eigenvalue weighted by atomic mass is 16.7. The van der Waals surface area contributed by atoms with Crippen LogP contribution < -0.4 is 4.74 Å². The number of aliphatic hydroxyl groups is 4. The number of oxazole rings is 1. The van der Waals surface area contributed by atoms with E-state index in [1.807, 2.05) is 19.1 Å². The van der Waals surface area contributed by atoms with E-state index in [9.17, 15) is 20.4 Å². The molecule has 1 aliphatic rings. The van der Waals surface area contributed by atoms with Crippen molar-refractivity contribution in [1.82, 2.24) is 4.98 Å². The van der Waals surface area contributed by atoms with Crippen LogP contribution in [0.2, 0.25) is 0 Å². The summed E-state index contributed by atoms with van der Waals surface area (Å²) >= 11 is 0. The third-order valence-electron chi connectivity index (χ3n) is 4.13. The van der Waals surface area contributed by atoms with E-state index < -0.39 is 37.3 Å². The average molecular weight is 351 g/mol. The van der Waals surface area contributed by atoms with Crippen molar-refractivity contribution in [3.8, 4) is 5.75 Å². The van der Waals surface area contributed by atoms with Gasteiger partial charge in [0, 0.05) is 5.56 Å². The minimum absolute atomic E-state index is 0.376. The Morgan fingerprint density at radius 3 is 2.64 bits per heavy atom. The van der Waals surface area contributed by atoms with Crippen LogP contribution in [0.3, 0.4) is 0 Å². The van der Waals surface area contributed by atoms with Gasteiger partial charge in [0.15, 0.2) is 5.89 Å². The Kier molecular flexibility index (Phi) is 5.36. The predicted octanol–water partition coefficient (Wildman–Crippen LogP) is -0.247. The van der Waals surface area contributed by atoms with Crippen molar-refractivity contribution in [2.24, 2.45) is 0 Å². The number of aliphatic hydroxyl groups excluding tert-OH is 4. The molecule has 5 atom stereocenters. The molecule has 2 heterocycles. The van der Waals surface area contributed by atoms with Gasteiger partial charge in [-0.15, -0.1) is 0 Å². The summed E-state index contributed by atoms with van der Waals surface area (Å²) < 4.78 is 16.4. The minimum Gasteiger partial charge on any atom is -0.462 e. The van der Waals surface area contributed by atoms with E-state index in [0.717, 1.165) is 11.1 Å². The van der Waals surface area contributed by atoms with Crippen LogP contribution in [0.15, 0.2) is 35.1 Å². The van der Waals surface area contributed by atoms with Crippen LogP contribution in [-0.4, -0.2) is 62.7 Å². The molecule has 1 aromatic heterocycles. The molecule has 2 aromatic rings. The first kappa shape index (κ1) is 17.8. The van der Waals surface area contributed by atoms with Crippen molar-refractivity contribution >= 4 is 0 Å². The molecular formula is C17H21NO7. The zero-order valence-corrected chi connectivity index (χ0v) is 13.6. The van der Waals surface area contributed by atoms with Crippen molar-refractivity contribution in [2.75, 3.05) is 6.61 Å². The molecular weight excluding hydrogens is 330 g/mol. The largest absolute Gasteiger partial charge is 0.462 e. The first-order valence-corrected chi connectivity index (χ1v) is 7.94. The molecule has 8 heteroatoms. The summed E-state index contributed by atoms with van der Waals surface area (Å²) in [7, 11) is 0. The number of ether oxygens (including phenoxy) is 2. The van der Waals surface area contributed by atoms with Gasteiger partial charge in [0.2, 0.25) is 6.29 Å². The van der Waals surface area contributed by atoms with Crippen LogP contribution in [0.25, 0.3) is 0 Å². The van der Waals surface area contributed by atoms with Gasteiger partial charge in [-0.1, -0.05) is 17.7 Å². The Balaban J connectivity index is 1.82. The molecule has 3 rings (SSSR count). The van der Waals surface area contributed by atoms with E-state index in [1.54, 1.807) is 12.3 Å². The highest BCUT2D eigenvalue weighted by Crippen LogP contribution is 2.28. The lowest BCUT2D eigenvalue weighted by Crippen LogP contribution is -2.60. The molecule has 136 valence electrons. The normalized spacial score (nSPS) is 29.6. The van der Waals surface area contributed by atoms with Gasteiger partial charge in [0.25, 0.3) is 0 Å². The monoisotopic (exact) mass is 351 g/mol. The van der Waals surface area contributed by atoms with Crippen LogP contribution >= 0.6 is 0 Å². The van der Waals surface area contributed by atoms with E-state index in [1.165, 1.54) is 6.26 Å². The van der Waals surface area contributed by atoms with E-state index in [2.05, 4.69) is 4.98 Å². The first-order valence-electron chi connectivity index (χ1n) is 7.94. The second kappa shape index (κ2) is 7.51. The van der Waals surface area contributed by atoms with Gasteiger partial charge in [-0.05, 0) is 13.0 Å². The summed E-state index contributed by atoms with van der Waals surface area (Å²) in [4.78, 5) is 4.08. The molecule has 0 spiro atoms. The standard InChI is InChI=1S/C17H21NO7/c1-9-2-3-11(10(6-9)7-13-18-4-5-23-13)24-17-16(22)15(21)14(20)12(8-19)25-17/h2-6,12,14-17,19-22H,7-8H2,1H3/t12-,14-,15+,16-,17-/m1/s1. The van der Waals surface area contributed by atoms with Gasteiger partial charge >= 0.3 is 0 Å². The third kappa shape index (κ3) is 3.83. The highest BCUT2D eigenvalue weighted by molar-refractivity contribution is 5.38. The molecule has 0 unspecified atom stereocenters. The summed E-state index contributed by atoms with van der Waals surface area (Å²) in [5.41, 5.74) is 1.77. The maximum atomic E-state index is 10.1. The lowest BCUT2D eigenvalue weighted by atomic mass is 9.99. The SMILES string of the molecule is Cc1ccc(O[C@@H]2O[C@H](CO)[C@@H](O)[C@H](O)[C@H]2O)c(Cc2ncco2)c1. The Morgan fingerprint density at radius 1 is 1.16 bits per heavy atom. The molecule has 0 saturated carbocycles. The van der Waals surface area contributed by atoms with Crippen molar-refractivity contribution in [2.45, 2.75) is 44.1 Å². The average Bonchev–Trinajstić information content (AvgIpc) is 3.10. The second-order valence-electron chi connectivity index (χ2n) is 6.03. The summed E-state index contributed by atoms with van der Waals surface area (Å²) in [6, 6.07) is 5.44. The lowest BCUT2D eigenvalue weighted by molar-refractivity contribution is -0.277. The van der Waals surface area contributed by atoms with E-state index >= 15 is 0 Å².